The number of aryl methyl sites for hydroxylation is 1. The SMILES string of the molecule is Cc1ncc(-c2ccc(N)c(Cl)c2F)[nH]1. The predicted octanol–water partition coefficient (Wildman–Crippen LogP) is 2.76. The molecule has 0 saturated carbocycles. The minimum absolute atomic E-state index is 0.0558. The van der Waals surface area contributed by atoms with Gasteiger partial charge in [-0.1, -0.05) is 11.6 Å². The van der Waals surface area contributed by atoms with Crippen molar-refractivity contribution in [2.75, 3.05) is 5.73 Å². The number of nitrogens with zero attached hydrogens (tertiary/aromatic N) is 1. The first kappa shape index (κ1) is 9.98. The summed E-state index contributed by atoms with van der Waals surface area (Å²) in [6.45, 7) is 1.79. The Morgan fingerprint density at radius 2 is 2.20 bits per heavy atom. The zero-order chi connectivity index (χ0) is 11.0. The van der Waals surface area contributed by atoms with E-state index in [9.17, 15) is 4.39 Å². The van der Waals surface area contributed by atoms with Crippen LogP contribution in [0.5, 0.6) is 0 Å². The molecule has 0 fully saturated rings. The van der Waals surface area contributed by atoms with E-state index in [4.69, 9.17) is 17.3 Å². The Kier molecular flexibility index (Phi) is 2.36. The van der Waals surface area contributed by atoms with Gasteiger partial charge in [-0.2, -0.15) is 0 Å². The standard InChI is InChI=1S/C10H9ClFN3/c1-5-14-4-8(15-5)6-2-3-7(13)9(11)10(6)12/h2-4H,13H2,1H3,(H,14,15). The van der Waals surface area contributed by atoms with Gasteiger partial charge in [-0.15, -0.1) is 0 Å². The molecule has 0 aliphatic heterocycles. The number of halogens is 2. The molecule has 5 heteroatoms. The lowest BCUT2D eigenvalue weighted by molar-refractivity contribution is 0.632. The maximum absolute atomic E-state index is 13.7. The normalized spacial score (nSPS) is 10.6. The van der Waals surface area contributed by atoms with E-state index in [-0.39, 0.29) is 10.7 Å². The van der Waals surface area contributed by atoms with Gasteiger partial charge in [0.2, 0.25) is 0 Å². The van der Waals surface area contributed by atoms with Gasteiger partial charge in [-0.05, 0) is 19.1 Å². The number of hydrogen-bond acceptors (Lipinski definition) is 2. The molecule has 2 rings (SSSR count). The van der Waals surface area contributed by atoms with Crippen LogP contribution in [-0.4, -0.2) is 9.97 Å². The third kappa shape index (κ3) is 1.68. The van der Waals surface area contributed by atoms with Gasteiger partial charge < -0.3 is 10.7 Å². The minimum atomic E-state index is -0.527. The van der Waals surface area contributed by atoms with Crippen molar-refractivity contribution in [1.82, 2.24) is 9.97 Å². The Labute approximate surface area is 91.1 Å². The van der Waals surface area contributed by atoms with Crippen LogP contribution in [0.25, 0.3) is 11.3 Å². The third-order valence-corrected chi connectivity index (χ3v) is 2.49. The van der Waals surface area contributed by atoms with Crippen LogP contribution in [0.2, 0.25) is 5.02 Å². The van der Waals surface area contributed by atoms with Gasteiger partial charge in [0.25, 0.3) is 0 Å². The molecule has 0 amide bonds. The van der Waals surface area contributed by atoms with Gasteiger partial charge in [-0.3, -0.25) is 0 Å². The van der Waals surface area contributed by atoms with Gasteiger partial charge >= 0.3 is 0 Å². The summed E-state index contributed by atoms with van der Waals surface area (Å²) < 4.78 is 13.7. The van der Waals surface area contributed by atoms with E-state index >= 15 is 0 Å². The first-order valence-corrected chi connectivity index (χ1v) is 4.73. The van der Waals surface area contributed by atoms with E-state index in [0.717, 1.165) is 5.82 Å². The molecule has 0 saturated heterocycles. The number of anilines is 1. The smallest absolute Gasteiger partial charge is 0.153 e. The molecule has 3 N–H and O–H groups in total. The highest BCUT2D eigenvalue weighted by atomic mass is 35.5. The lowest BCUT2D eigenvalue weighted by atomic mass is 10.1. The number of rotatable bonds is 1. The first-order chi connectivity index (χ1) is 7.09. The number of aromatic nitrogens is 2. The molecule has 78 valence electrons. The van der Waals surface area contributed by atoms with E-state index in [1.807, 2.05) is 0 Å². The van der Waals surface area contributed by atoms with Crippen LogP contribution in [0.3, 0.4) is 0 Å². The Morgan fingerprint density at radius 3 is 2.80 bits per heavy atom. The highest BCUT2D eigenvalue weighted by molar-refractivity contribution is 6.33. The van der Waals surface area contributed by atoms with Gasteiger partial charge in [0, 0.05) is 5.56 Å². The molecular formula is C10H9ClFN3. The molecule has 0 bridgehead atoms. The number of imidazole rings is 1. The van der Waals surface area contributed by atoms with E-state index in [1.54, 1.807) is 25.3 Å². The molecule has 0 aliphatic carbocycles. The van der Waals surface area contributed by atoms with Gasteiger partial charge in [0.05, 0.1) is 22.6 Å². The fraction of sp³-hybridized carbons (Fsp3) is 0.100. The topological polar surface area (TPSA) is 54.7 Å². The molecule has 0 spiro atoms. The Bertz CT molecular complexity index is 507. The van der Waals surface area contributed by atoms with Crippen LogP contribution in [-0.2, 0) is 0 Å². The van der Waals surface area contributed by atoms with Crippen LogP contribution in [0.4, 0.5) is 10.1 Å². The van der Waals surface area contributed by atoms with Crippen LogP contribution < -0.4 is 5.73 Å². The van der Waals surface area contributed by atoms with Crippen molar-refractivity contribution in [2.24, 2.45) is 0 Å². The van der Waals surface area contributed by atoms with Crippen molar-refractivity contribution in [3.63, 3.8) is 0 Å². The summed E-state index contributed by atoms with van der Waals surface area (Å²) in [6, 6.07) is 3.14. The Balaban J connectivity index is 2.59. The third-order valence-electron chi connectivity index (χ3n) is 2.11. The monoisotopic (exact) mass is 225 g/mol. The highest BCUT2D eigenvalue weighted by Gasteiger charge is 2.12. The first-order valence-electron chi connectivity index (χ1n) is 4.35. The fourth-order valence-corrected chi connectivity index (χ4v) is 1.49. The predicted molar refractivity (Wildman–Crippen MR) is 58.1 cm³/mol. The molecule has 1 aromatic carbocycles. The highest BCUT2D eigenvalue weighted by Crippen LogP contribution is 2.30. The summed E-state index contributed by atoms with van der Waals surface area (Å²) in [6.07, 6.45) is 1.56. The van der Waals surface area contributed by atoms with Crippen molar-refractivity contribution in [1.29, 1.82) is 0 Å². The number of nitrogens with one attached hydrogen (secondary N) is 1. The van der Waals surface area contributed by atoms with Crippen molar-refractivity contribution >= 4 is 17.3 Å². The minimum Gasteiger partial charge on any atom is -0.397 e. The molecule has 0 radical (unpaired) electrons. The summed E-state index contributed by atoms with van der Waals surface area (Å²) in [7, 11) is 0. The number of hydrogen-bond donors (Lipinski definition) is 2. The van der Waals surface area contributed by atoms with Crippen molar-refractivity contribution in [2.45, 2.75) is 6.92 Å². The van der Waals surface area contributed by atoms with Crippen LogP contribution in [0, 0.1) is 12.7 Å². The summed E-state index contributed by atoms with van der Waals surface area (Å²) in [5, 5.41) is -0.0558. The summed E-state index contributed by atoms with van der Waals surface area (Å²) >= 11 is 5.71. The molecule has 0 unspecified atom stereocenters. The lowest BCUT2D eigenvalue weighted by Gasteiger charge is -2.04. The van der Waals surface area contributed by atoms with Gasteiger partial charge in [0.15, 0.2) is 5.82 Å². The fourth-order valence-electron chi connectivity index (χ4n) is 1.33. The molecule has 1 aromatic heterocycles. The van der Waals surface area contributed by atoms with Crippen molar-refractivity contribution < 1.29 is 4.39 Å². The van der Waals surface area contributed by atoms with E-state index in [0.29, 0.717) is 11.3 Å². The number of nitrogen functional groups attached to an aromatic ring is 1. The Hall–Kier alpha value is -1.55. The van der Waals surface area contributed by atoms with E-state index in [2.05, 4.69) is 9.97 Å². The maximum Gasteiger partial charge on any atom is 0.153 e. The molecule has 0 aliphatic rings. The second-order valence-electron chi connectivity index (χ2n) is 3.21. The molecule has 2 aromatic rings. The molecule has 15 heavy (non-hydrogen) atoms. The number of nitrogens with two attached hydrogens (primary N) is 1. The number of benzene rings is 1. The molecule has 3 nitrogen and oxygen atoms in total. The Morgan fingerprint density at radius 1 is 1.47 bits per heavy atom. The number of aromatic amines is 1. The number of H-pyrrole nitrogens is 1. The second-order valence-corrected chi connectivity index (χ2v) is 3.59. The van der Waals surface area contributed by atoms with Crippen molar-refractivity contribution in [3.05, 3.63) is 35.0 Å². The van der Waals surface area contributed by atoms with Crippen LogP contribution in [0.15, 0.2) is 18.3 Å². The lowest BCUT2D eigenvalue weighted by Crippen LogP contribution is -1.92. The van der Waals surface area contributed by atoms with Crippen LogP contribution >= 0.6 is 11.6 Å². The largest absolute Gasteiger partial charge is 0.397 e. The zero-order valence-corrected chi connectivity index (χ0v) is 8.77. The average molecular weight is 226 g/mol. The second kappa shape index (κ2) is 3.55. The quantitative estimate of drug-likeness (QED) is 0.734. The van der Waals surface area contributed by atoms with E-state index in [1.165, 1.54) is 0 Å². The summed E-state index contributed by atoms with van der Waals surface area (Å²) in [5.74, 6) is 0.192. The van der Waals surface area contributed by atoms with Crippen molar-refractivity contribution in [3.8, 4) is 11.3 Å². The maximum atomic E-state index is 13.7. The van der Waals surface area contributed by atoms with Gasteiger partial charge in [0.1, 0.15) is 5.82 Å². The van der Waals surface area contributed by atoms with Crippen LogP contribution in [0.1, 0.15) is 5.82 Å². The van der Waals surface area contributed by atoms with Gasteiger partial charge in [-0.25, -0.2) is 9.37 Å². The molecule has 0 atom stereocenters. The molecule has 1 heterocycles. The summed E-state index contributed by atoms with van der Waals surface area (Å²) in [5.41, 5.74) is 6.67. The van der Waals surface area contributed by atoms with E-state index < -0.39 is 5.82 Å². The molecular weight excluding hydrogens is 217 g/mol. The zero-order valence-electron chi connectivity index (χ0n) is 8.01. The average Bonchev–Trinajstić information content (AvgIpc) is 2.61. The summed E-state index contributed by atoms with van der Waals surface area (Å²) in [4.78, 5) is 6.92.